The number of aromatic nitrogens is 1. The quantitative estimate of drug-likeness (QED) is 0.572. The minimum Gasteiger partial charge on any atom is -0.422 e. The lowest BCUT2D eigenvalue weighted by molar-refractivity contribution is 0.424. The molecule has 0 aromatic carbocycles. The van der Waals surface area contributed by atoms with Crippen LogP contribution in [0.25, 0.3) is 0 Å². The molecule has 0 saturated carbocycles. The Kier molecular flexibility index (Phi) is 2.49. The Bertz CT molecular complexity index is 267. The number of halogens is 1. The Morgan fingerprint density at radius 3 is 2.64 bits per heavy atom. The van der Waals surface area contributed by atoms with E-state index in [-0.39, 0.29) is 5.59 Å². The molecule has 1 heterocycles. The molecule has 0 bridgehead atoms. The van der Waals surface area contributed by atoms with E-state index in [0.717, 1.165) is 5.56 Å². The number of hydrogen-bond donors (Lipinski definition) is 2. The number of rotatable bonds is 1. The van der Waals surface area contributed by atoms with E-state index in [9.17, 15) is 0 Å². The molecule has 0 radical (unpaired) electrons. The molecule has 0 aliphatic heterocycles. The first-order chi connectivity index (χ1) is 5.13. The molecule has 1 aromatic rings. The average molecular weight is 171 g/mol. The standard InChI is InChI=1S/C6H7BClNO2/c1-4-2-3-9-6(5(4)8)7(10)11/h2-3,10-11H,1H3. The Morgan fingerprint density at radius 2 is 2.18 bits per heavy atom. The summed E-state index contributed by atoms with van der Waals surface area (Å²) in [6.45, 7) is 1.77. The molecule has 0 aliphatic rings. The smallest absolute Gasteiger partial charge is 0.422 e. The number of hydrogen-bond acceptors (Lipinski definition) is 3. The van der Waals surface area contributed by atoms with E-state index in [1.807, 2.05) is 0 Å². The Balaban J connectivity index is 3.17. The van der Waals surface area contributed by atoms with Crippen LogP contribution in [-0.4, -0.2) is 22.2 Å². The van der Waals surface area contributed by atoms with Crippen molar-refractivity contribution in [3.63, 3.8) is 0 Å². The molecular formula is C6H7BClNO2. The molecule has 0 spiro atoms. The summed E-state index contributed by atoms with van der Waals surface area (Å²) in [4.78, 5) is 3.71. The highest BCUT2D eigenvalue weighted by Gasteiger charge is 2.17. The molecule has 0 amide bonds. The monoisotopic (exact) mass is 171 g/mol. The minimum absolute atomic E-state index is 0.103. The Labute approximate surface area is 69.8 Å². The van der Waals surface area contributed by atoms with Crippen LogP contribution in [0.5, 0.6) is 0 Å². The fourth-order valence-corrected chi connectivity index (χ4v) is 0.951. The van der Waals surface area contributed by atoms with Crippen molar-refractivity contribution in [1.82, 2.24) is 4.98 Å². The second-order valence-corrected chi connectivity index (χ2v) is 2.58. The van der Waals surface area contributed by atoms with Crippen LogP contribution < -0.4 is 5.59 Å². The normalized spacial score (nSPS) is 9.82. The summed E-state index contributed by atoms with van der Waals surface area (Å²) in [6.07, 6.45) is 1.48. The maximum atomic E-state index is 8.74. The van der Waals surface area contributed by atoms with Crippen molar-refractivity contribution in [2.75, 3.05) is 0 Å². The third-order valence-electron chi connectivity index (χ3n) is 1.35. The van der Waals surface area contributed by atoms with Gasteiger partial charge >= 0.3 is 7.12 Å². The van der Waals surface area contributed by atoms with E-state index in [0.29, 0.717) is 5.02 Å². The molecule has 5 heteroatoms. The lowest BCUT2D eigenvalue weighted by Crippen LogP contribution is -2.33. The number of nitrogens with zero attached hydrogens (tertiary/aromatic N) is 1. The van der Waals surface area contributed by atoms with Crippen molar-refractivity contribution < 1.29 is 10.0 Å². The molecule has 0 unspecified atom stereocenters. The van der Waals surface area contributed by atoms with Gasteiger partial charge in [-0.15, -0.1) is 0 Å². The van der Waals surface area contributed by atoms with Crippen LogP contribution >= 0.6 is 11.6 Å². The van der Waals surface area contributed by atoms with Gasteiger partial charge < -0.3 is 10.0 Å². The third kappa shape index (κ3) is 1.71. The first-order valence-corrected chi connectivity index (χ1v) is 3.48. The SMILES string of the molecule is Cc1ccnc(B(O)O)c1Cl. The van der Waals surface area contributed by atoms with E-state index in [1.165, 1.54) is 6.20 Å². The van der Waals surface area contributed by atoms with Gasteiger partial charge in [-0.05, 0) is 18.6 Å². The molecule has 0 aliphatic carbocycles. The van der Waals surface area contributed by atoms with E-state index < -0.39 is 7.12 Å². The van der Waals surface area contributed by atoms with Crippen LogP contribution in [0.3, 0.4) is 0 Å². The van der Waals surface area contributed by atoms with E-state index in [2.05, 4.69) is 4.98 Å². The van der Waals surface area contributed by atoms with Gasteiger partial charge in [-0.2, -0.15) is 0 Å². The van der Waals surface area contributed by atoms with Crippen LogP contribution in [0.15, 0.2) is 12.3 Å². The van der Waals surface area contributed by atoms with Crippen molar-refractivity contribution in [1.29, 1.82) is 0 Å². The lowest BCUT2D eigenvalue weighted by Gasteiger charge is -2.02. The molecule has 11 heavy (non-hydrogen) atoms. The molecule has 3 nitrogen and oxygen atoms in total. The Morgan fingerprint density at radius 1 is 1.55 bits per heavy atom. The topological polar surface area (TPSA) is 53.4 Å². The van der Waals surface area contributed by atoms with Gasteiger partial charge in [-0.25, -0.2) is 0 Å². The predicted octanol–water partition coefficient (Wildman–Crippen LogP) is -0.277. The Hall–Kier alpha value is -0.575. The largest absolute Gasteiger partial charge is 0.509 e. The molecule has 0 atom stereocenters. The lowest BCUT2D eigenvalue weighted by atomic mass is 9.85. The van der Waals surface area contributed by atoms with Gasteiger partial charge in [0.25, 0.3) is 0 Å². The second-order valence-electron chi connectivity index (χ2n) is 2.20. The molecule has 1 rings (SSSR count). The summed E-state index contributed by atoms with van der Waals surface area (Å²) >= 11 is 5.71. The average Bonchev–Trinajstić information content (AvgIpc) is 1.94. The van der Waals surface area contributed by atoms with Crippen molar-refractivity contribution in [2.45, 2.75) is 6.92 Å². The van der Waals surface area contributed by atoms with E-state index in [4.69, 9.17) is 21.6 Å². The van der Waals surface area contributed by atoms with Crippen LogP contribution in [0.1, 0.15) is 5.56 Å². The fraction of sp³-hybridized carbons (Fsp3) is 0.167. The van der Waals surface area contributed by atoms with Gasteiger partial charge in [0.15, 0.2) is 0 Å². The maximum Gasteiger partial charge on any atom is 0.509 e. The molecule has 2 N–H and O–H groups in total. The molecule has 0 saturated heterocycles. The van der Waals surface area contributed by atoms with Gasteiger partial charge in [-0.1, -0.05) is 11.6 Å². The highest BCUT2D eigenvalue weighted by atomic mass is 35.5. The number of pyridine rings is 1. The van der Waals surface area contributed by atoms with Gasteiger partial charge in [0.1, 0.15) is 0 Å². The van der Waals surface area contributed by atoms with Gasteiger partial charge in [0, 0.05) is 6.20 Å². The van der Waals surface area contributed by atoms with Crippen LogP contribution in [0.4, 0.5) is 0 Å². The first kappa shape index (κ1) is 8.52. The zero-order valence-corrected chi connectivity index (χ0v) is 6.71. The summed E-state index contributed by atoms with van der Waals surface area (Å²) in [5.74, 6) is 0. The zero-order chi connectivity index (χ0) is 8.43. The minimum atomic E-state index is -1.60. The second kappa shape index (κ2) is 3.22. The highest BCUT2D eigenvalue weighted by molar-refractivity contribution is 6.61. The maximum absolute atomic E-state index is 8.74. The van der Waals surface area contributed by atoms with Gasteiger partial charge in [0.2, 0.25) is 0 Å². The fourth-order valence-electron chi connectivity index (χ4n) is 0.741. The summed E-state index contributed by atoms with van der Waals surface area (Å²) in [7, 11) is -1.60. The summed E-state index contributed by atoms with van der Waals surface area (Å²) in [5.41, 5.74) is 0.886. The summed E-state index contributed by atoms with van der Waals surface area (Å²) in [6, 6.07) is 1.70. The molecular weight excluding hydrogens is 164 g/mol. The van der Waals surface area contributed by atoms with Crippen molar-refractivity contribution in [2.24, 2.45) is 0 Å². The van der Waals surface area contributed by atoms with Gasteiger partial charge in [0.05, 0.1) is 10.6 Å². The highest BCUT2D eigenvalue weighted by Crippen LogP contribution is 2.09. The summed E-state index contributed by atoms with van der Waals surface area (Å²) in [5, 5.41) is 17.8. The summed E-state index contributed by atoms with van der Waals surface area (Å²) < 4.78 is 0. The molecule has 1 aromatic heterocycles. The van der Waals surface area contributed by atoms with Crippen LogP contribution in [0.2, 0.25) is 5.02 Å². The van der Waals surface area contributed by atoms with Crippen molar-refractivity contribution >= 4 is 24.3 Å². The third-order valence-corrected chi connectivity index (χ3v) is 1.85. The van der Waals surface area contributed by atoms with Crippen LogP contribution in [-0.2, 0) is 0 Å². The first-order valence-electron chi connectivity index (χ1n) is 3.10. The van der Waals surface area contributed by atoms with Gasteiger partial charge in [-0.3, -0.25) is 4.98 Å². The molecule has 58 valence electrons. The number of aryl methyl sites for hydroxylation is 1. The van der Waals surface area contributed by atoms with E-state index in [1.54, 1.807) is 13.0 Å². The zero-order valence-electron chi connectivity index (χ0n) is 5.95. The van der Waals surface area contributed by atoms with Crippen molar-refractivity contribution in [3.8, 4) is 0 Å². The van der Waals surface area contributed by atoms with Crippen molar-refractivity contribution in [3.05, 3.63) is 22.8 Å². The predicted molar refractivity (Wildman–Crippen MR) is 43.8 cm³/mol. The molecule has 0 fully saturated rings. The van der Waals surface area contributed by atoms with Crippen LogP contribution in [0, 0.1) is 6.92 Å². The van der Waals surface area contributed by atoms with E-state index >= 15 is 0 Å².